The van der Waals surface area contributed by atoms with Crippen LogP contribution in [0, 0.1) is 0 Å². The zero-order chi connectivity index (χ0) is 15.4. The second-order valence-corrected chi connectivity index (χ2v) is 6.28. The Morgan fingerprint density at radius 2 is 2.19 bits per heavy atom. The van der Waals surface area contributed by atoms with Gasteiger partial charge in [-0.3, -0.25) is 19.7 Å². The molecule has 1 unspecified atom stereocenters. The lowest BCUT2D eigenvalue weighted by Gasteiger charge is -2.21. The first-order valence-corrected chi connectivity index (χ1v) is 8.12. The van der Waals surface area contributed by atoms with Crippen molar-refractivity contribution in [2.45, 2.75) is 52.0 Å². The van der Waals surface area contributed by atoms with Gasteiger partial charge in [-0.2, -0.15) is 0 Å². The molecule has 5 nitrogen and oxygen atoms in total. The summed E-state index contributed by atoms with van der Waals surface area (Å²) in [6.07, 6.45) is 3.55. The summed E-state index contributed by atoms with van der Waals surface area (Å²) in [4.78, 5) is 36.9. The molecule has 2 rings (SSSR count). The third-order valence-corrected chi connectivity index (χ3v) is 4.76. The standard InChI is InChI=1S/C15H20N2O3S/c1-3-5-11-9(4-2)8-12(21-11)15(20)16-10-6-7-13(18)17-14(10)19/h8,10H,3-7H2,1-2H3,(H,16,20)(H,17,18,19). The van der Waals surface area contributed by atoms with Crippen molar-refractivity contribution in [1.29, 1.82) is 0 Å². The van der Waals surface area contributed by atoms with E-state index in [1.165, 1.54) is 21.8 Å². The van der Waals surface area contributed by atoms with E-state index in [0.29, 0.717) is 11.3 Å². The quantitative estimate of drug-likeness (QED) is 0.814. The first kappa shape index (κ1) is 15.7. The average Bonchev–Trinajstić information content (AvgIpc) is 2.85. The second-order valence-electron chi connectivity index (χ2n) is 5.14. The number of hydrogen-bond acceptors (Lipinski definition) is 4. The van der Waals surface area contributed by atoms with Crippen LogP contribution < -0.4 is 10.6 Å². The van der Waals surface area contributed by atoms with E-state index in [1.54, 1.807) is 0 Å². The summed E-state index contributed by atoms with van der Waals surface area (Å²) >= 11 is 1.50. The summed E-state index contributed by atoms with van der Waals surface area (Å²) in [5.74, 6) is -0.924. The van der Waals surface area contributed by atoms with Crippen molar-refractivity contribution in [1.82, 2.24) is 10.6 Å². The normalized spacial score (nSPS) is 18.5. The van der Waals surface area contributed by atoms with Gasteiger partial charge in [0, 0.05) is 11.3 Å². The fourth-order valence-electron chi connectivity index (χ4n) is 2.38. The Kier molecular flexibility index (Phi) is 5.12. The molecule has 2 heterocycles. The molecule has 2 N–H and O–H groups in total. The molecule has 6 heteroatoms. The van der Waals surface area contributed by atoms with Gasteiger partial charge < -0.3 is 5.32 Å². The van der Waals surface area contributed by atoms with Crippen LogP contribution in [0.2, 0.25) is 0 Å². The predicted octanol–water partition coefficient (Wildman–Crippen LogP) is 1.80. The van der Waals surface area contributed by atoms with Crippen LogP contribution in [0.1, 0.15) is 53.2 Å². The van der Waals surface area contributed by atoms with E-state index in [9.17, 15) is 14.4 Å². The van der Waals surface area contributed by atoms with Gasteiger partial charge in [0.25, 0.3) is 5.91 Å². The summed E-state index contributed by atoms with van der Waals surface area (Å²) in [5.41, 5.74) is 1.20. The highest BCUT2D eigenvalue weighted by molar-refractivity contribution is 7.14. The monoisotopic (exact) mass is 308 g/mol. The topological polar surface area (TPSA) is 75.3 Å². The Bertz CT molecular complexity index is 565. The molecule has 3 amide bonds. The molecule has 0 saturated carbocycles. The predicted molar refractivity (Wildman–Crippen MR) is 81.3 cm³/mol. The van der Waals surface area contributed by atoms with Crippen LogP contribution >= 0.6 is 11.3 Å². The minimum Gasteiger partial charge on any atom is -0.340 e. The van der Waals surface area contributed by atoms with E-state index < -0.39 is 11.9 Å². The van der Waals surface area contributed by atoms with Gasteiger partial charge in [-0.05, 0) is 30.9 Å². The van der Waals surface area contributed by atoms with Crippen molar-refractivity contribution in [2.24, 2.45) is 0 Å². The molecule has 0 spiro atoms. The van der Waals surface area contributed by atoms with Crippen molar-refractivity contribution in [3.05, 3.63) is 21.4 Å². The first-order chi connectivity index (χ1) is 10.0. The molecule has 1 aliphatic rings. The summed E-state index contributed by atoms with van der Waals surface area (Å²) in [7, 11) is 0. The number of thiophene rings is 1. The molecule has 1 fully saturated rings. The summed E-state index contributed by atoms with van der Waals surface area (Å²) in [6, 6.07) is 1.30. The maximum atomic E-state index is 12.3. The van der Waals surface area contributed by atoms with Gasteiger partial charge in [-0.1, -0.05) is 20.3 Å². The second kappa shape index (κ2) is 6.85. The minimum absolute atomic E-state index is 0.230. The van der Waals surface area contributed by atoms with Gasteiger partial charge >= 0.3 is 0 Å². The summed E-state index contributed by atoms with van der Waals surface area (Å²) in [6.45, 7) is 4.19. The number of piperidine rings is 1. The zero-order valence-electron chi connectivity index (χ0n) is 12.3. The van der Waals surface area contributed by atoms with Crippen molar-refractivity contribution in [3.63, 3.8) is 0 Å². The van der Waals surface area contributed by atoms with Crippen LogP contribution in [0.5, 0.6) is 0 Å². The molecule has 1 aromatic rings. The van der Waals surface area contributed by atoms with Crippen LogP contribution in [-0.2, 0) is 22.4 Å². The Morgan fingerprint density at radius 3 is 2.81 bits per heavy atom. The highest BCUT2D eigenvalue weighted by Gasteiger charge is 2.28. The van der Waals surface area contributed by atoms with Gasteiger partial charge in [0.05, 0.1) is 4.88 Å². The first-order valence-electron chi connectivity index (χ1n) is 7.31. The summed E-state index contributed by atoms with van der Waals surface area (Å²) in [5, 5.41) is 4.96. The van der Waals surface area contributed by atoms with Crippen molar-refractivity contribution in [3.8, 4) is 0 Å². The molecule has 0 aromatic carbocycles. The number of rotatable bonds is 5. The molecule has 0 aliphatic carbocycles. The third kappa shape index (κ3) is 3.69. The Labute approximate surface area is 128 Å². The van der Waals surface area contributed by atoms with Gasteiger partial charge in [0.2, 0.25) is 11.8 Å². The molecule has 0 radical (unpaired) electrons. The van der Waals surface area contributed by atoms with Gasteiger partial charge in [-0.15, -0.1) is 11.3 Å². The molecule has 21 heavy (non-hydrogen) atoms. The largest absolute Gasteiger partial charge is 0.340 e. The number of carbonyl (C=O) groups excluding carboxylic acids is 3. The molecular weight excluding hydrogens is 288 g/mol. The SMILES string of the molecule is CCCc1sc(C(=O)NC2CCC(=O)NC2=O)cc1CC. The van der Waals surface area contributed by atoms with E-state index in [4.69, 9.17) is 0 Å². The number of hydrogen-bond donors (Lipinski definition) is 2. The van der Waals surface area contributed by atoms with Gasteiger partial charge in [0.15, 0.2) is 0 Å². The molecule has 0 bridgehead atoms. The fraction of sp³-hybridized carbons (Fsp3) is 0.533. The van der Waals surface area contributed by atoms with Crippen LogP contribution in [0.25, 0.3) is 0 Å². The van der Waals surface area contributed by atoms with Gasteiger partial charge in [0.1, 0.15) is 6.04 Å². The number of aryl methyl sites for hydroxylation is 2. The average molecular weight is 308 g/mol. The molecular formula is C15H20N2O3S. The lowest BCUT2D eigenvalue weighted by molar-refractivity contribution is -0.134. The number of imide groups is 1. The maximum absolute atomic E-state index is 12.3. The van der Waals surface area contributed by atoms with Crippen LogP contribution in [0.15, 0.2) is 6.07 Å². The van der Waals surface area contributed by atoms with E-state index in [-0.39, 0.29) is 18.2 Å². The molecule has 1 aromatic heterocycles. The highest BCUT2D eigenvalue weighted by atomic mass is 32.1. The van der Waals surface area contributed by atoms with Crippen molar-refractivity contribution in [2.75, 3.05) is 0 Å². The zero-order valence-corrected chi connectivity index (χ0v) is 13.1. The van der Waals surface area contributed by atoms with Crippen LogP contribution in [-0.4, -0.2) is 23.8 Å². The van der Waals surface area contributed by atoms with E-state index >= 15 is 0 Å². The van der Waals surface area contributed by atoms with E-state index in [1.807, 2.05) is 6.07 Å². The fourth-order valence-corrected chi connectivity index (χ4v) is 3.64. The Morgan fingerprint density at radius 1 is 1.43 bits per heavy atom. The lowest BCUT2D eigenvalue weighted by atomic mass is 10.1. The van der Waals surface area contributed by atoms with Crippen molar-refractivity contribution < 1.29 is 14.4 Å². The number of amides is 3. The highest BCUT2D eigenvalue weighted by Crippen LogP contribution is 2.24. The lowest BCUT2D eigenvalue weighted by Crippen LogP contribution is -2.52. The maximum Gasteiger partial charge on any atom is 0.262 e. The number of nitrogens with one attached hydrogen (secondary N) is 2. The van der Waals surface area contributed by atoms with Gasteiger partial charge in [-0.25, -0.2) is 0 Å². The molecule has 1 atom stereocenters. The van der Waals surface area contributed by atoms with Crippen LogP contribution in [0.3, 0.4) is 0 Å². The molecule has 1 aliphatic heterocycles. The van der Waals surface area contributed by atoms with Crippen molar-refractivity contribution >= 4 is 29.1 Å². The molecule has 114 valence electrons. The van der Waals surface area contributed by atoms with E-state index in [2.05, 4.69) is 24.5 Å². The smallest absolute Gasteiger partial charge is 0.262 e. The minimum atomic E-state index is -0.614. The number of carbonyl (C=O) groups is 3. The molecule has 1 saturated heterocycles. The Hall–Kier alpha value is -1.69. The Balaban J connectivity index is 2.06. The third-order valence-electron chi connectivity index (χ3n) is 3.52. The van der Waals surface area contributed by atoms with Crippen LogP contribution in [0.4, 0.5) is 0 Å². The summed E-state index contributed by atoms with van der Waals surface area (Å²) < 4.78 is 0. The van der Waals surface area contributed by atoms with E-state index in [0.717, 1.165) is 19.3 Å².